The predicted octanol–water partition coefficient (Wildman–Crippen LogP) is 3.27. The molecule has 3 N–H and O–H groups in total. The average molecular weight is 360 g/mol. The van der Waals surface area contributed by atoms with Gasteiger partial charge < -0.3 is 10.5 Å². The van der Waals surface area contributed by atoms with Gasteiger partial charge in [-0.3, -0.25) is 0 Å². The Morgan fingerprint density at radius 1 is 1.20 bits per heavy atom. The number of hydrogen-bond acceptors (Lipinski definition) is 4. The van der Waals surface area contributed by atoms with E-state index in [9.17, 15) is 8.42 Å². The van der Waals surface area contributed by atoms with Gasteiger partial charge in [-0.05, 0) is 41.8 Å². The fourth-order valence-electron chi connectivity index (χ4n) is 2.16. The summed E-state index contributed by atoms with van der Waals surface area (Å²) in [6, 6.07) is 13.8. The molecule has 2 aromatic carbocycles. The van der Waals surface area contributed by atoms with Crippen molar-refractivity contribution in [1.82, 2.24) is 4.72 Å². The number of nitrogens with two attached hydrogens (primary N) is 1. The van der Waals surface area contributed by atoms with E-state index in [1.807, 2.05) is 24.3 Å². The maximum atomic E-state index is 12.4. The van der Waals surface area contributed by atoms with Crippen molar-refractivity contribution >= 4 is 15.7 Å². The predicted molar refractivity (Wildman–Crippen MR) is 101 cm³/mol. The van der Waals surface area contributed by atoms with Crippen molar-refractivity contribution in [3.63, 3.8) is 0 Å². The molecule has 6 heteroatoms. The Labute approximate surface area is 149 Å². The molecular formula is C19H24N2O3S. The smallest absolute Gasteiger partial charge is 0.240 e. The van der Waals surface area contributed by atoms with Crippen molar-refractivity contribution in [3.05, 3.63) is 66.2 Å². The summed E-state index contributed by atoms with van der Waals surface area (Å²) in [7, 11) is -3.62. The summed E-state index contributed by atoms with van der Waals surface area (Å²) in [5, 5.41) is 0. The molecule has 0 aliphatic carbocycles. The highest BCUT2D eigenvalue weighted by Gasteiger charge is 2.14. The fourth-order valence-corrected chi connectivity index (χ4v) is 3.23. The summed E-state index contributed by atoms with van der Waals surface area (Å²) in [5.41, 5.74) is 7.40. The number of ether oxygens (including phenoxy) is 1. The number of hydrogen-bond donors (Lipinski definition) is 2. The van der Waals surface area contributed by atoms with Gasteiger partial charge in [0, 0.05) is 12.2 Å². The lowest BCUT2D eigenvalue weighted by Gasteiger charge is -2.09. The average Bonchev–Trinajstić information content (AvgIpc) is 2.61. The van der Waals surface area contributed by atoms with Crippen molar-refractivity contribution in [2.24, 2.45) is 5.73 Å². The maximum Gasteiger partial charge on any atom is 0.240 e. The number of benzene rings is 2. The largest absolute Gasteiger partial charge is 0.494 e. The van der Waals surface area contributed by atoms with Crippen LogP contribution >= 0.6 is 0 Å². The summed E-state index contributed by atoms with van der Waals surface area (Å²) in [6.07, 6.45) is 2.09. The molecule has 2 rings (SSSR count). The van der Waals surface area contributed by atoms with E-state index in [1.54, 1.807) is 12.1 Å². The fraction of sp³-hybridized carbons (Fsp3) is 0.263. The first-order valence-corrected chi connectivity index (χ1v) is 9.67. The normalized spacial score (nSPS) is 11.2. The van der Waals surface area contributed by atoms with Crippen LogP contribution in [0, 0.1) is 0 Å². The molecule has 0 heterocycles. The zero-order valence-corrected chi connectivity index (χ0v) is 15.2. The lowest BCUT2D eigenvalue weighted by Crippen LogP contribution is -2.23. The molecule has 0 bridgehead atoms. The highest BCUT2D eigenvalue weighted by atomic mass is 32.2. The second-order valence-corrected chi connectivity index (χ2v) is 7.49. The van der Waals surface area contributed by atoms with Crippen LogP contribution in [0.1, 0.15) is 30.9 Å². The van der Waals surface area contributed by atoms with Crippen LogP contribution in [0.5, 0.6) is 5.75 Å². The van der Waals surface area contributed by atoms with E-state index in [1.165, 1.54) is 12.1 Å². The van der Waals surface area contributed by atoms with Gasteiger partial charge in [-0.1, -0.05) is 44.2 Å². The van der Waals surface area contributed by atoms with Crippen LogP contribution in [0.2, 0.25) is 0 Å². The number of unbranched alkanes of at least 4 members (excludes halogenated alkanes) is 1. The molecule has 0 saturated heterocycles. The molecule has 0 spiro atoms. The van der Waals surface area contributed by atoms with Crippen LogP contribution in [0.25, 0.3) is 5.70 Å². The number of sulfonamides is 1. The van der Waals surface area contributed by atoms with Gasteiger partial charge in [-0.15, -0.1) is 0 Å². The molecule has 0 amide bonds. The standard InChI is InChI=1S/C19H24N2O3S/c1-3-4-12-24-18-10-8-16(9-11-18)14-21-25(22,23)19-7-5-6-17(13-19)15(2)20/h5-11,13,21H,2-4,12,14,20H2,1H3. The van der Waals surface area contributed by atoms with Crippen LogP contribution in [-0.4, -0.2) is 15.0 Å². The Balaban J connectivity index is 2.00. The van der Waals surface area contributed by atoms with E-state index in [-0.39, 0.29) is 11.4 Å². The first kappa shape index (κ1) is 19.0. The molecule has 0 saturated carbocycles. The number of rotatable bonds is 9. The van der Waals surface area contributed by atoms with Crippen molar-refractivity contribution in [3.8, 4) is 5.75 Å². The SMILES string of the molecule is C=C(N)c1cccc(S(=O)(=O)NCc2ccc(OCCCC)cc2)c1. The molecule has 0 aliphatic rings. The molecule has 2 aromatic rings. The van der Waals surface area contributed by atoms with Gasteiger partial charge in [-0.2, -0.15) is 0 Å². The van der Waals surface area contributed by atoms with Gasteiger partial charge >= 0.3 is 0 Å². The topological polar surface area (TPSA) is 81.4 Å². The summed E-state index contributed by atoms with van der Waals surface area (Å²) >= 11 is 0. The Bertz CT molecular complexity index is 815. The van der Waals surface area contributed by atoms with Crippen molar-refractivity contribution in [2.75, 3.05) is 6.61 Å². The summed E-state index contributed by atoms with van der Waals surface area (Å²) < 4.78 is 33.0. The van der Waals surface area contributed by atoms with Crippen LogP contribution < -0.4 is 15.2 Å². The van der Waals surface area contributed by atoms with E-state index in [4.69, 9.17) is 10.5 Å². The van der Waals surface area contributed by atoms with Crippen LogP contribution in [-0.2, 0) is 16.6 Å². The maximum absolute atomic E-state index is 12.4. The van der Waals surface area contributed by atoms with Crippen molar-refractivity contribution in [1.29, 1.82) is 0 Å². The summed E-state index contributed by atoms with van der Waals surface area (Å²) in [6.45, 7) is 6.62. The van der Waals surface area contributed by atoms with E-state index in [2.05, 4.69) is 18.2 Å². The second-order valence-electron chi connectivity index (χ2n) is 5.72. The van der Waals surface area contributed by atoms with E-state index < -0.39 is 10.0 Å². The Kier molecular flexibility index (Phi) is 6.61. The first-order valence-electron chi connectivity index (χ1n) is 8.18. The third-order valence-corrected chi connectivity index (χ3v) is 5.07. The van der Waals surface area contributed by atoms with Crippen LogP contribution in [0.3, 0.4) is 0 Å². The quantitative estimate of drug-likeness (QED) is 0.673. The molecule has 0 fully saturated rings. The number of nitrogens with one attached hydrogen (secondary N) is 1. The molecule has 0 aliphatic heterocycles. The first-order chi connectivity index (χ1) is 11.9. The van der Waals surface area contributed by atoms with Gasteiger partial charge in [0.2, 0.25) is 10.0 Å². The zero-order chi connectivity index (χ0) is 18.3. The zero-order valence-electron chi connectivity index (χ0n) is 14.4. The van der Waals surface area contributed by atoms with E-state index >= 15 is 0 Å². The third-order valence-electron chi connectivity index (χ3n) is 3.67. The molecular weight excluding hydrogens is 336 g/mol. The molecule has 0 unspecified atom stereocenters. The van der Waals surface area contributed by atoms with E-state index in [0.717, 1.165) is 24.2 Å². The van der Waals surface area contributed by atoms with Gasteiger partial charge in [0.05, 0.1) is 11.5 Å². The van der Waals surface area contributed by atoms with Crippen LogP contribution in [0.15, 0.2) is 60.0 Å². The molecule has 134 valence electrons. The summed E-state index contributed by atoms with van der Waals surface area (Å²) in [5.74, 6) is 0.786. The van der Waals surface area contributed by atoms with E-state index in [0.29, 0.717) is 17.9 Å². The van der Waals surface area contributed by atoms with Crippen molar-refractivity contribution in [2.45, 2.75) is 31.2 Å². The van der Waals surface area contributed by atoms with Gasteiger partial charge in [0.1, 0.15) is 5.75 Å². The van der Waals surface area contributed by atoms with Gasteiger partial charge in [0.25, 0.3) is 0 Å². The minimum atomic E-state index is -3.62. The molecule has 0 radical (unpaired) electrons. The lowest BCUT2D eigenvalue weighted by atomic mass is 10.2. The molecule has 0 aromatic heterocycles. The highest BCUT2D eigenvalue weighted by Crippen LogP contribution is 2.16. The molecule has 5 nitrogen and oxygen atoms in total. The Morgan fingerprint density at radius 3 is 2.56 bits per heavy atom. The Hall–Kier alpha value is -2.31. The monoisotopic (exact) mass is 360 g/mol. The van der Waals surface area contributed by atoms with Gasteiger partial charge in [0.15, 0.2) is 0 Å². The highest BCUT2D eigenvalue weighted by molar-refractivity contribution is 7.89. The second kappa shape index (κ2) is 8.69. The van der Waals surface area contributed by atoms with Crippen molar-refractivity contribution < 1.29 is 13.2 Å². The Morgan fingerprint density at radius 2 is 1.92 bits per heavy atom. The summed E-state index contributed by atoms with van der Waals surface area (Å²) in [4.78, 5) is 0.163. The minimum absolute atomic E-state index is 0.163. The minimum Gasteiger partial charge on any atom is -0.494 e. The molecule has 0 atom stereocenters. The van der Waals surface area contributed by atoms with Gasteiger partial charge in [-0.25, -0.2) is 13.1 Å². The lowest BCUT2D eigenvalue weighted by molar-refractivity contribution is 0.309. The van der Waals surface area contributed by atoms with Crippen LogP contribution in [0.4, 0.5) is 0 Å². The third kappa shape index (κ3) is 5.62. The molecule has 25 heavy (non-hydrogen) atoms.